The Morgan fingerprint density at radius 3 is 1.77 bits per heavy atom. The largest absolute Gasteiger partial charge is 0.478 e. The van der Waals surface area contributed by atoms with E-state index < -0.39 is 5.97 Å². The topological polar surface area (TPSA) is 78.4 Å². The summed E-state index contributed by atoms with van der Waals surface area (Å²) >= 11 is 3.35. The Balaban J connectivity index is 1.77. The van der Waals surface area contributed by atoms with Gasteiger partial charge in [0.1, 0.15) is 0 Å². The minimum absolute atomic E-state index is 0.225. The summed E-state index contributed by atoms with van der Waals surface area (Å²) in [5, 5.41) is 14.3. The molecule has 0 bridgehead atoms. The van der Waals surface area contributed by atoms with Gasteiger partial charge in [0, 0.05) is 17.6 Å². The number of halogens is 1. The van der Waals surface area contributed by atoms with Crippen LogP contribution in [0.2, 0.25) is 0 Å². The first-order valence-electron chi connectivity index (χ1n) is 6.63. The summed E-state index contributed by atoms with van der Waals surface area (Å²) in [5.74, 6) is -0.966. The van der Waals surface area contributed by atoms with Crippen LogP contribution in [0, 0.1) is 0 Å². The first-order chi connectivity index (χ1) is 10.5. The molecule has 2 aromatic carbocycles. The van der Waals surface area contributed by atoms with Gasteiger partial charge in [0.05, 0.1) is 5.56 Å². The lowest BCUT2D eigenvalue weighted by molar-refractivity contribution is 0.0697. The highest BCUT2D eigenvalue weighted by molar-refractivity contribution is 9.10. The summed E-state index contributed by atoms with van der Waals surface area (Å²) in [7, 11) is 0. The zero-order valence-corrected chi connectivity index (χ0v) is 13.3. The molecule has 0 saturated heterocycles. The molecule has 5 nitrogen and oxygen atoms in total. The number of nitrogens with one attached hydrogen (secondary N) is 2. The lowest BCUT2D eigenvalue weighted by atomic mass is 10.1. The Kier molecular flexibility index (Phi) is 5.55. The van der Waals surface area contributed by atoms with Crippen molar-refractivity contribution in [3.8, 4) is 0 Å². The van der Waals surface area contributed by atoms with Gasteiger partial charge >= 0.3 is 12.0 Å². The van der Waals surface area contributed by atoms with Crippen molar-refractivity contribution >= 4 is 27.9 Å². The molecule has 22 heavy (non-hydrogen) atoms. The van der Waals surface area contributed by atoms with Crippen LogP contribution in [0.5, 0.6) is 0 Å². The van der Waals surface area contributed by atoms with Crippen LogP contribution in [0.1, 0.15) is 21.5 Å². The van der Waals surface area contributed by atoms with E-state index in [1.54, 1.807) is 12.1 Å². The third kappa shape index (κ3) is 4.89. The van der Waals surface area contributed by atoms with Gasteiger partial charge in [-0.2, -0.15) is 0 Å². The highest BCUT2D eigenvalue weighted by Crippen LogP contribution is 2.10. The van der Waals surface area contributed by atoms with Crippen LogP contribution in [0.4, 0.5) is 4.79 Å². The van der Waals surface area contributed by atoms with Gasteiger partial charge < -0.3 is 15.7 Å². The molecule has 3 N–H and O–H groups in total. The van der Waals surface area contributed by atoms with Crippen molar-refractivity contribution in [2.75, 3.05) is 0 Å². The van der Waals surface area contributed by atoms with Crippen LogP contribution in [0.15, 0.2) is 53.0 Å². The van der Waals surface area contributed by atoms with Gasteiger partial charge in [-0.15, -0.1) is 0 Å². The molecule has 6 heteroatoms. The van der Waals surface area contributed by atoms with Crippen molar-refractivity contribution in [1.29, 1.82) is 0 Å². The number of urea groups is 1. The van der Waals surface area contributed by atoms with Crippen LogP contribution in [0.25, 0.3) is 0 Å². The minimum Gasteiger partial charge on any atom is -0.478 e. The van der Waals surface area contributed by atoms with E-state index in [1.165, 1.54) is 12.1 Å². The summed E-state index contributed by atoms with van der Waals surface area (Å²) in [6.45, 7) is 0.781. The predicted molar refractivity (Wildman–Crippen MR) is 86.6 cm³/mol. The van der Waals surface area contributed by atoms with E-state index in [0.29, 0.717) is 13.1 Å². The second-order valence-corrected chi connectivity index (χ2v) is 5.58. The molecule has 0 aliphatic heterocycles. The maximum atomic E-state index is 11.7. The quantitative estimate of drug-likeness (QED) is 0.764. The monoisotopic (exact) mass is 362 g/mol. The van der Waals surface area contributed by atoms with E-state index in [2.05, 4.69) is 26.6 Å². The maximum Gasteiger partial charge on any atom is 0.335 e. The fourth-order valence-corrected chi connectivity index (χ4v) is 2.06. The number of hydrogen-bond donors (Lipinski definition) is 3. The number of amides is 2. The normalized spacial score (nSPS) is 10.0. The van der Waals surface area contributed by atoms with Gasteiger partial charge in [-0.1, -0.05) is 40.2 Å². The van der Waals surface area contributed by atoms with E-state index in [1.807, 2.05) is 24.3 Å². The Morgan fingerprint density at radius 2 is 1.32 bits per heavy atom. The number of carboxylic acids is 1. The Labute approximate surface area is 136 Å². The third-order valence-electron chi connectivity index (χ3n) is 3.02. The number of carbonyl (C=O) groups is 2. The fourth-order valence-electron chi connectivity index (χ4n) is 1.79. The molecule has 2 amide bonds. The van der Waals surface area contributed by atoms with Gasteiger partial charge in [-0.25, -0.2) is 9.59 Å². The number of carboxylic acid groups (broad SMARTS) is 1. The molecular formula is C16H15BrN2O3. The van der Waals surface area contributed by atoms with E-state index in [0.717, 1.165) is 15.6 Å². The molecular weight excluding hydrogens is 348 g/mol. The molecule has 0 radical (unpaired) electrons. The molecule has 0 aromatic heterocycles. The molecule has 0 fully saturated rings. The minimum atomic E-state index is -0.966. The standard InChI is InChI=1S/C16H15BrN2O3/c17-14-7-3-12(4-8-14)10-19-16(22)18-9-11-1-5-13(6-2-11)15(20)21/h1-8H,9-10H2,(H,20,21)(H2,18,19,22). The summed E-state index contributed by atoms with van der Waals surface area (Å²) in [4.78, 5) is 22.4. The highest BCUT2D eigenvalue weighted by atomic mass is 79.9. The van der Waals surface area contributed by atoms with Crippen LogP contribution >= 0.6 is 15.9 Å². The Hall–Kier alpha value is -2.34. The van der Waals surface area contributed by atoms with E-state index in [-0.39, 0.29) is 11.6 Å². The average molecular weight is 363 g/mol. The van der Waals surface area contributed by atoms with Gasteiger partial charge in [0.2, 0.25) is 0 Å². The third-order valence-corrected chi connectivity index (χ3v) is 3.55. The summed E-state index contributed by atoms with van der Waals surface area (Å²) in [6.07, 6.45) is 0. The van der Waals surface area contributed by atoms with Crippen LogP contribution in [-0.4, -0.2) is 17.1 Å². The number of hydrogen-bond acceptors (Lipinski definition) is 2. The van der Waals surface area contributed by atoms with Gasteiger partial charge in [0.25, 0.3) is 0 Å². The van der Waals surface area contributed by atoms with Crippen molar-refractivity contribution in [3.05, 3.63) is 69.7 Å². The summed E-state index contributed by atoms with van der Waals surface area (Å²) in [6, 6.07) is 13.8. The van der Waals surface area contributed by atoms with E-state index in [9.17, 15) is 9.59 Å². The smallest absolute Gasteiger partial charge is 0.335 e. The average Bonchev–Trinajstić information content (AvgIpc) is 2.52. The number of carbonyl (C=O) groups excluding carboxylic acids is 1. The second kappa shape index (κ2) is 7.61. The lowest BCUT2D eigenvalue weighted by Crippen LogP contribution is -2.34. The Morgan fingerprint density at radius 1 is 0.864 bits per heavy atom. The fraction of sp³-hybridized carbons (Fsp3) is 0.125. The zero-order chi connectivity index (χ0) is 15.9. The first-order valence-corrected chi connectivity index (χ1v) is 7.42. The molecule has 0 aliphatic rings. The van der Waals surface area contributed by atoms with Crippen molar-refractivity contribution < 1.29 is 14.7 Å². The molecule has 2 rings (SSSR count). The summed E-state index contributed by atoms with van der Waals surface area (Å²) in [5.41, 5.74) is 2.07. The summed E-state index contributed by atoms with van der Waals surface area (Å²) < 4.78 is 0.991. The molecule has 114 valence electrons. The Bertz CT molecular complexity index is 654. The van der Waals surface area contributed by atoms with Crippen molar-refractivity contribution in [2.24, 2.45) is 0 Å². The van der Waals surface area contributed by atoms with Crippen molar-refractivity contribution in [2.45, 2.75) is 13.1 Å². The van der Waals surface area contributed by atoms with Crippen LogP contribution in [0.3, 0.4) is 0 Å². The van der Waals surface area contributed by atoms with Crippen LogP contribution in [-0.2, 0) is 13.1 Å². The SMILES string of the molecule is O=C(NCc1ccc(Br)cc1)NCc1ccc(C(=O)O)cc1. The molecule has 0 atom stereocenters. The number of benzene rings is 2. The second-order valence-electron chi connectivity index (χ2n) is 4.66. The van der Waals surface area contributed by atoms with Gasteiger partial charge in [0.15, 0.2) is 0 Å². The van der Waals surface area contributed by atoms with Crippen LogP contribution < -0.4 is 10.6 Å². The molecule has 2 aromatic rings. The van der Waals surface area contributed by atoms with Crippen molar-refractivity contribution in [3.63, 3.8) is 0 Å². The molecule has 0 spiro atoms. The molecule has 0 heterocycles. The van der Waals surface area contributed by atoms with Crippen molar-refractivity contribution in [1.82, 2.24) is 10.6 Å². The maximum absolute atomic E-state index is 11.7. The molecule has 0 saturated carbocycles. The van der Waals surface area contributed by atoms with E-state index in [4.69, 9.17) is 5.11 Å². The number of aromatic carboxylic acids is 1. The highest BCUT2D eigenvalue weighted by Gasteiger charge is 2.03. The van der Waals surface area contributed by atoms with Gasteiger partial charge in [-0.05, 0) is 35.4 Å². The molecule has 0 unspecified atom stereocenters. The van der Waals surface area contributed by atoms with Gasteiger partial charge in [-0.3, -0.25) is 0 Å². The predicted octanol–water partition coefficient (Wildman–Crippen LogP) is 3.15. The van der Waals surface area contributed by atoms with E-state index >= 15 is 0 Å². The first kappa shape index (κ1) is 16.0. The molecule has 0 aliphatic carbocycles. The number of rotatable bonds is 5. The zero-order valence-electron chi connectivity index (χ0n) is 11.7. The lowest BCUT2D eigenvalue weighted by Gasteiger charge is -2.08.